The Morgan fingerprint density at radius 3 is 2.27 bits per heavy atom. The molecule has 0 unspecified atom stereocenters. The lowest BCUT2D eigenvalue weighted by molar-refractivity contribution is -0.384. The largest absolute Gasteiger partial charge is 0.294 e. The zero-order valence-corrected chi connectivity index (χ0v) is 14.1. The van der Waals surface area contributed by atoms with Crippen molar-refractivity contribution in [2.24, 2.45) is 0 Å². The van der Waals surface area contributed by atoms with Crippen LogP contribution in [0.15, 0.2) is 42.5 Å². The Labute approximate surface area is 144 Å². The molecular formula is C14H9BrCl2N2O3. The van der Waals surface area contributed by atoms with Crippen molar-refractivity contribution >= 4 is 62.1 Å². The number of alkyl halides is 1. The standard InChI is InChI=1S/C14H9BrCl2N2O3/c15-8-14(20)18(11-4-1-9(16)2-5-11)12-6-3-10(17)7-13(12)19(21)22/h1-7H,8H2. The van der Waals surface area contributed by atoms with Crippen LogP contribution in [0.5, 0.6) is 0 Å². The molecule has 8 heteroatoms. The van der Waals surface area contributed by atoms with Crippen molar-refractivity contribution < 1.29 is 9.72 Å². The highest BCUT2D eigenvalue weighted by Crippen LogP contribution is 2.36. The summed E-state index contributed by atoms with van der Waals surface area (Å²) >= 11 is 14.7. The zero-order chi connectivity index (χ0) is 16.3. The van der Waals surface area contributed by atoms with Gasteiger partial charge < -0.3 is 0 Å². The van der Waals surface area contributed by atoms with Crippen molar-refractivity contribution in [1.29, 1.82) is 0 Å². The van der Waals surface area contributed by atoms with Gasteiger partial charge in [-0.05, 0) is 36.4 Å². The fraction of sp³-hybridized carbons (Fsp3) is 0.0714. The maximum atomic E-state index is 12.2. The number of carbonyl (C=O) groups excluding carboxylic acids is 1. The molecule has 0 aliphatic heterocycles. The van der Waals surface area contributed by atoms with Gasteiger partial charge in [-0.1, -0.05) is 39.1 Å². The number of rotatable bonds is 4. The first-order valence-electron chi connectivity index (χ1n) is 6.02. The zero-order valence-electron chi connectivity index (χ0n) is 11.0. The van der Waals surface area contributed by atoms with Crippen LogP contribution in [0.4, 0.5) is 17.1 Å². The predicted molar refractivity (Wildman–Crippen MR) is 90.5 cm³/mol. The van der Waals surface area contributed by atoms with Gasteiger partial charge in [-0.3, -0.25) is 19.8 Å². The lowest BCUT2D eigenvalue weighted by Gasteiger charge is -2.22. The van der Waals surface area contributed by atoms with E-state index in [1.165, 1.54) is 23.1 Å². The van der Waals surface area contributed by atoms with E-state index in [1.807, 2.05) is 0 Å². The van der Waals surface area contributed by atoms with E-state index in [4.69, 9.17) is 23.2 Å². The molecule has 0 bridgehead atoms. The Balaban J connectivity index is 2.62. The molecule has 114 valence electrons. The Morgan fingerprint density at radius 2 is 1.73 bits per heavy atom. The van der Waals surface area contributed by atoms with E-state index in [2.05, 4.69) is 15.9 Å². The summed E-state index contributed by atoms with van der Waals surface area (Å²) < 4.78 is 0. The normalized spacial score (nSPS) is 10.3. The Bertz CT molecular complexity index is 723. The molecule has 1 amide bonds. The van der Waals surface area contributed by atoms with Gasteiger partial charge in [0.1, 0.15) is 5.69 Å². The molecule has 0 saturated heterocycles. The average Bonchev–Trinajstić information content (AvgIpc) is 2.50. The van der Waals surface area contributed by atoms with E-state index in [1.54, 1.807) is 24.3 Å². The van der Waals surface area contributed by atoms with Crippen LogP contribution in [0.2, 0.25) is 10.0 Å². The van der Waals surface area contributed by atoms with Crippen LogP contribution in [0.3, 0.4) is 0 Å². The molecule has 0 aliphatic rings. The molecule has 2 aromatic carbocycles. The van der Waals surface area contributed by atoms with E-state index in [9.17, 15) is 14.9 Å². The molecule has 0 radical (unpaired) electrons. The fourth-order valence-electron chi connectivity index (χ4n) is 1.90. The second-order valence-corrected chi connectivity index (χ2v) is 5.66. The SMILES string of the molecule is O=C(CBr)N(c1ccc(Cl)cc1)c1ccc(Cl)cc1[N+](=O)[O-]. The maximum Gasteiger partial charge on any atom is 0.294 e. The second kappa shape index (κ2) is 7.09. The van der Waals surface area contributed by atoms with Crippen LogP contribution in [0.1, 0.15) is 0 Å². The van der Waals surface area contributed by atoms with E-state index in [-0.39, 0.29) is 27.6 Å². The van der Waals surface area contributed by atoms with Crippen LogP contribution >= 0.6 is 39.1 Å². The first-order chi connectivity index (χ1) is 10.4. The first-order valence-corrected chi connectivity index (χ1v) is 7.90. The molecule has 0 N–H and O–H groups in total. The molecule has 0 aromatic heterocycles. The Kier molecular flexibility index (Phi) is 5.39. The molecular weight excluding hydrogens is 395 g/mol. The van der Waals surface area contributed by atoms with Crippen LogP contribution in [-0.2, 0) is 4.79 Å². The van der Waals surface area contributed by atoms with Gasteiger partial charge in [0.15, 0.2) is 0 Å². The minimum Gasteiger partial charge on any atom is -0.274 e. The second-order valence-electron chi connectivity index (χ2n) is 4.23. The molecule has 0 saturated carbocycles. The number of hydrogen-bond donors (Lipinski definition) is 0. The quantitative estimate of drug-likeness (QED) is 0.411. The molecule has 0 spiro atoms. The maximum absolute atomic E-state index is 12.2. The van der Waals surface area contributed by atoms with Crippen LogP contribution < -0.4 is 4.90 Å². The molecule has 0 heterocycles. The number of hydrogen-bond acceptors (Lipinski definition) is 3. The number of benzene rings is 2. The summed E-state index contributed by atoms with van der Waals surface area (Å²) in [5.41, 5.74) is 0.359. The summed E-state index contributed by atoms with van der Waals surface area (Å²) in [5, 5.41) is 12.0. The highest BCUT2D eigenvalue weighted by Gasteiger charge is 2.25. The van der Waals surface area contributed by atoms with Crippen molar-refractivity contribution in [2.75, 3.05) is 10.2 Å². The van der Waals surface area contributed by atoms with Crippen molar-refractivity contribution in [2.45, 2.75) is 0 Å². The highest BCUT2D eigenvalue weighted by molar-refractivity contribution is 9.09. The Morgan fingerprint density at radius 1 is 1.14 bits per heavy atom. The van der Waals surface area contributed by atoms with Gasteiger partial charge >= 0.3 is 0 Å². The van der Waals surface area contributed by atoms with E-state index >= 15 is 0 Å². The van der Waals surface area contributed by atoms with Crippen molar-refractivity contribution in [1.82, 2.24) is 0 Å². The van der Waals surface area contributed by atoms with Gasteiger partial charge in [-0.15, -0.1) is 0 Å². The molecule has 0 atom stereocenters. The number of carbonyl (C=O) groups is 1. The minimum absolute atomic E-state index is 0.00933. The van der Waals surface area contributed by atoms with Crippen LogP contribution in [0, 0.1) is 10.1 Å². The van der Waals surface area contributed by atoms with Gasteiger partial charge in [0.05, 0.1) is 10.3 Å². The summed E-state index contributed by atoms with van der Waals surface area (Å²) in [4.78, 5) is 24.2. The molecule has 2 rings (SSSR count). The van der Waals surface area contributed by atoms with E-state index in [0.717, 1.165) is 0 Å². The van der Waals surface area contributed by atoms with Crippen molar-refractivity contribution in [3.8, 4) is 0 Å². The number of nitro groups is 1. The number of halogens is 3. The lowest BCUT2D eigenvalue weighted by Crippen LogP contribution is -2.27. The summed E-state index contributed by atoms with van der Waals surface area (Å²) in [5.74, 6) is -0.354. The summed E-state index contributed by atoms with van der Waals surface area (Å²) in [6, 6.07) is 10.6. The third-order valence-electron chi connectivity index (χ3n) is 2.82. The fourth-order valence-corrected chi connectivity index (χ4v) is 2.44. The van der Waals surface area contributed by atoms with Gasteiger partial charge in [0, 0.05) is 21.8 Å². The third-order valence-corrected chi connectivity index (χ3v) is 3.79. The van der Waals surface area contributed by atoms with E-state index in [0.29, 0.717) is 10.7 Å². The molecule has 5 nitrogen and oxygen atoms in total. The van der Waals surface area contributed by atoms with Gasteiger partial charge in [-0.25, -0.2) is 0 Å². The summed E-state index contributed by atoms with van der Waals surface area (Å²) in [6.07, 6.45) is 0. The highest BCUT2D eigenvalue weighted by atomic mass is 79.9. The molecule has 0 fully saturated rings. The van der Waals surface area contributed by atoms with Crippen molar-refractivity contribution in [3.05, 3.63) is 62.6 Å². The monoisotopic (exact) mass is 402 g/mol. The lowest BCUT2D eigenvalue weighted by atomic mass is 10.2. The number of anilines is 2. The summed E-state index contributed by atoms with van der Waals surface area (Å²) in [6.45, 7) is 0. The first kappa shape index (κ1) is 16.7. The summed E-state index contributed by atoms with van der Waals surface area (Å²) in [7, 11) is 0. The Hall–Kier alpha value is -1.63. The average molecular weight is 404 g/mol. The third kappa shape index (κ3) is 3.58. The molecule has 22 heavy (non-hydrogen) atoms. The number of nitrogens with zero attached hydrogens (tertiary/aromatic N) is 2. The van der Waals surface area contributed by atoms with Gasteiger partial charge in [0.2, 0.25) is 5.91 Å². The topological polar surface area (TPSA) is 63.5 Å². The number of nitro benzene ring substituents is 1. The van der Waals surface area contributed by atoms with E-state index < -0.39 is 4.92 Å². The van der Waals surface area contributed by atoms with Gasteiger partial charge in [-0.2, -0.15) is 0 Å². The minimum atomic E-state index is -0.578. The smallest absolute Gasteiger partial charge is 0.274 e. The molecule has 0 aliphatic carbocycles. The predicted octanol–water partition coefficient (Wildman–Crippen LogP) is 4.96. The van der Waals surface area contributed by atoms with Gasteiger partial charge in [0.25, 0.3) is 5.69 Å². The van der Waals surface area contributed by atoms with Crippen LogP contribution in [-0.4, -0.2) is 16.2 Å². The number of amides is 1. The van der Waals surface area contributed by atoms with Crippen LogP contribution in [0.25, 0.3) is 0 Å². The van der Waals surface area contributed by atoms with Crippen molar-refractivity contribution in [3.63, 3.8) is 0 Å². The molecule has 2 aromatic rings.